The van der Waals surface area contributed by atoms with Crippen LogP contribution in [0.1, 0.15) is 26.3 Å². The van der Waals surface area contributed by atoms with E-state index >= 15 is 0 Å². The predicted molar refractivity (Wildman–Crippen MR) is 185 cm³/mol. The van der Waals surface area contributed by atoms with Crippen molar-refractivity contribution >= 4 is 43.4 Å². The lowest BCUT2D eigenvalue weighted by molar-refractivity contribution is 0.592. The Kier molecular flexibility index (Phi) is 5.77. The largest absolute Gasteiger partial charge is 0.309 e. The Hall–Kier alpha value is -5.14. The normalized spacial score (nSPS) is 12.1. The fourth-order valence-electron chi connectivity index (χ4n) is 7.04. The summed E-state index contributed by atoms with van der Waals surface area (Å²) >= 11 is 0. The van der Waals surface area contributed by atoms with E-state index in [1.807, 2.05) is 0 Å². The Morgan fingerprint density at radius 1 is 0.419 bits per heavy atom. The molecule has 0 atom stereocenters. The van der Waals surface area contributed by atoms with E-state index in [1.165, 1.54) is 76.9 Å². The molecule has 7 aromatic carbocycles. The number of rotatable bonds is 3. The van der Waals surface area contributed by atoms with Crippen LogP contribution in [0.2, 0.25) is 0 Å². The molecule has 0 amide bonds. The van der Waals surface area contributed by atoms with Crippen LogP contribution in [0.4, 0.5) is 0 Å². The number of hydrogen-bond acceptors (Lipinski definition) is 0. The molecule has 8 aromatic rings. The summed E-state index contributed by atoms with van der Waals surface area (Å²) < 4.78 is 2.43. The van der Waals surface area contributed by atoms with E-state index in [1.54, 1.807) is 0 Å². The molecule has 43 heavy (non-hydrogen) atoms. The molecule has 1 aromatic heterocycles. The summed E-state index contributed by atoms with van der Waals surface area (Å²) in [6.07, 6.45) is 0. The van der Waals surface area contributed by atoms with Crippen molar-refractivity contribution in [1.29, 1.82) is 0 Å². The van der Waals surface area contributed by atoms with Crippen molar-refractivity contribution in [2.75, 3.05) is 0 Å². The summed E-state index contributed by atoms with van der Waals surface area (Å²) in [6.45, 7) is 7.01. The number of benzene rings is 7. The first-order chi connectivity index (χ1) is 21.0. The predicted octanol–water partition coefficient (Wildman–Crippen LogP) is 11.7. The van der Waals surface area contributed by atoms with Gasteiger partial charge in [-0.2, -0.15) is 0 Å². The third-order valence-electron chi connectivity index (χ3n) is 8.91. The number of hydrogen-bond donors (Lipinski definition) is 0. The average Bonchev–Trinajstić information content (AvgIpc) is 3.38. The van der Waals surface area contributed by atoms with Crippen molar-refractivity contribution in [1.82, 2.24) is 4.57 Å². The quantitative estimate of drug-likeness (QED) is 0.192. The molecule has 0 saturated carbocycles. The minimum Gasteiger partial charge on any atom is -0.309 e. The molecule has 0 radical (unpaired) electrons. The standard InChI is InChI=1S/C42H33N/c1-42(2,3)37-27-29(43-38-23-13-11-17-30(38)31-18-12-14-24-39(31)43)25-26-36(37)41-34-21-9-7-19-32(34)40(28-15-5-4-6-16-28)33-20-8-10-22-35(33)41/h4-27H,1-3H3. The molecule has 1 heterocycles. The first kappa shape index (κ1) is 25.6. The van der Waals surface area contributed by atoms with E-state index in [2.05, 4.69) is 171 Å². The summed E-state index contributed by atoms with van der Waals surface area (Å²) in [5.74, 6) is 0. The third kappa shape index (κ3) is 4.00. The lowest BCUT2D eigenvalue weighted by atomic mass is 9.78. The van der Waals surface area contributed by atoms with Crippen LogP contribution in [0.25, 0.3) is 71.3 Å². The Labute approximate surface area is 252 Å². The number of nitrogens with zero attached hydrogens (tertiary/aromatic N) is 1. The molecule has 0 aliphatic rings. The second kappa shape index (κ2) is 9.71. The summed E-state index contributed by atoms with van der Waals surface area (Å²) in [7, 11) is 0. The van der Waals surface area contributed by atoms with Crippen LogP contribution in [0.15, 0.2) is 146 Å². The van der Waals surface area contributed by atoms with Crippen molar-refractivity contribution in [3.05, 3.63) is 151 Å². The van der Waals surface area contributed by atoms with Gasteiger partial charge in [0.1, 0.15) is 0 Å². The Morgan fingerprint density at radius 2 is 0.860 bits per heavy atom. The van der Waals surface area contributed by atoms with E-state index < -0.39 is 0 Å². The molecule has 8 rings (SSSR count). The van der Waals surface area contributed by atoms with Crippen LogP contribution in [-0.2, 0) is 5.41 Å². The Bertz CT molecular complexity index is 2200. The van der Waals surface area contributed by atoms with Crippen LogP contribution in [0, 0.1) is 0 Å². The highest BCUT2D eigenvalue weighted by molar-refractivity contribution is 6.21. The van der Waals surface area contributed by atoms with Gasteiger partial charge in [0.15, 0.2) is 0 Å². The lowest BCUT2D eigenvalue weighted by Gasteiger charge is -2.27. The molecule has 0 N–H and O–H groups in total. The maximum Gasteiger partial charge on any atom is 0.0541 e. The van der Waals surface area contributed by atoms with E-state index in [9.17, 15) is 0 Å². The highest BCUT2D eigenvalue weighted by Crippen LogP contribution is 2.46. The first-order valence-electron chi connectivity index (χ1n) is 15.1. The van der Waals surface area contributed by atoms with E-state index in [-0.39, 0.29) is 5.41 Å². The zero-order valence-corrected chi connectivity index (χ0v) is 24.8. The molecule has 1 heteroatoms. The van der Waals surface area contributed by atoms with Gasteiger partial charge in [-0.1, -0.05) is 142 Å². The number of aromatic nitrogens is 1. The van der Waals surface area contributed by atoms with Gasteiger partial charge in [-0.3, -0.25) is 0 Å². The average molecular weight is 552 g/mol. The van der Waals surface area contributed by atoms with Gasteiger partial charge in [0, 0.05) is 16.5 Å². The molecule has 0 aliphatic carbocycles. The summed E-state index contributed by atoms with van der Waals surface area (Å²) in [6, 6.07) is 53.3. The monoisotopic (exact) mass is 551 g/mol. The zero-order chi connectivity index (χ0) is 29.1. The zero-order valence-electron chi connectivity index (χ0n) is 24.8. The third-order valence-corrected chi connectivity index (χ3v) is 8.91. The lowest BCUT2D eigenvalue weighted by Crippen LogP contribution is -2.14. The highest BCUT2D eigenvalue weighted by atomic mass is 15.0. The Morgan fingerprint density at radius 3 is 1.37 bits per heavy atom. The van der Waals surface area contributed by atoms with Crippen molar-refractivity contribution in [3.8, 4) is 27.9 Å². The smallest absolute Gasteiger partial charge is 0.0541 e. The van der Waals surface area contributed by atoms with Crippen molar-refractivity contribution in [2.45, 2.75) is 26.2 Å². The number of para-hydroxylation sites is 2. The highest BCUT2D eigenvalue weighted by Gasteiger charge is 2.24. The molecule has 0 unspecified atom stereocenters. The molecule has 1 nitrogen and oxygen atoms in total. The van der Waals surface area contributed by atoms with E-state index in [4.69, 9.17) is 0 Å². The van der Waals surface area contributed by atoms with E-state index in [0.29, 0.717) is 0 Å². The maximum absolute atomic E-state index is 2.43. The van der Waals surface area contributed by atoms with E-state index in [0.717, 1.165) is 0 Å². The van der Waals surface area contributed by atoms with Crippen LogP contribution in [0.5, 0.6) is 0 Å². The number of fused-ring (bicyclic) bond motifs is 5. The van der Waals surface area contributed by atoms with Crippen LogP contribution < -0.4 is 0 Å². The van der Waals surface area contributed by atoms with Crippen molar-refractivity contribution in [3.63, 3.8) is 0 Å². The van der Waals surface area contributed by atoms with Crippen LogP contribution in [-0.4, -0.2) is 4.57 Å². The molecule has 0 aliphatic heterocycles. The minimum absolute atomic E-state index is 0.0790. The van der Waals surface area contributed by atoms with Gasteiger partial charge >= 0.3 is 0 Å². The summed E-state index contributed by atoms with van der Waals surface area (Å²) in [5, 5.41) is 7.72. The van der Waals surface area contributed by atoms with Gasteiger partial charge in [-0.05, 0) is 79.0 Å². The molecular weight excluding hydrogens is 518 g/mol. The second-order valence-corrected chi connectivity index (χ2v) is 12.6. The molecule has 206 valence electrons. The molecular formula is C42H33N. The molecule has 0 spiro atoms. The summed E-state index contributed by atoms with van der Waals surface area (Å²) in [4.78, 5) is 0. The summed E-state index contributed by atoms with van der Waals surface area (Å²) in [5.41, 5.74) is 10.1. The SMILES string of the molecule is CC(C)(C)c1cc(-n2c3ccccc3c3ccccc32)ccc1-c1c2ccccc2c(-c2ccccc2)c2ccccc12. The molecule has 0 fully saturated rings. The van der Waals surface area contributed by atoms with Gasteiger partial charge in [-0.25, -0.2) is 0 Å². The van der Waals surface area contributed by atoms with Crippen LogP contribution in [0.3, 0.4) is 0 Å². The van der Waals surface area contributed by atoms with Gasteiger partial charge in [0.25, 0.3) is 0 Å². The van der Waals surface area contributed by atoms with Crippen molar-refractivity contribution < 1.29 is 0 Å². The van der Waals surface area contributed by atoms with Crippen molar-refractivity contribution in [2.24, 2.45) is 0 Å². The van der Waals surface area contributed by atoms with Gasteiger partial charge < -0.3 is 4.57 Å². The minimum atomic E-state index is -0.0790. The van der Waals surface area contributed by atoms with Gasteiger partial charge in [0.2, 0.25) is 0 Å². The Balaban J connectivity index is 1.47. The maximum atomic E-state index is 2.43. The molecule has 0 bridgehead atoms. The molecule has 0 saturated heterocycles. The first-order valence-corrected chi connectivity index (χ1v) is 15.1. The second-order valence-electron chi connectivity index (χ2n) is 12.6. The fraction of sp³-hybridized carbons (Fsp3) is 0.0952. The van der Waals surface area contributed by atoms with Gasteiger partial charge in [-0.15, -0.1) is 0 Å². The van der Waals surface area contributed by atoms with Gasteiger partial charge in [0.05, 0.1) is 11.0 Å². The van der Waals surface area contributed by atoms with Crippen LogP contribution >= 0.6 is 0 Å². The topological polar surface area (TPSA) is 4.93 Å². The fourth-order valence-corrected chi connectivity index (χ4v) is 7.04.